The molecule has 0 radical (unpaired) electrons. The summed E-state index contributed by atoms with van der Waals surface area (Å²) in [5, 5.41) is 0. The Kier molecular flexibility index (Phi) is 14.3. The molecule has 0 spiro atoms. The Balaban J connectivity index is 2.62. The van der Waals surface area contributed by atoms with Crippen LogP contribution in [0.4, 0.5) is 0 Å². The first kappa shape index (κ1) is 42.3. The molecule has 278 valence electrons. The van der Waals surface area contributed by atoms with E-state index >= 15 is 0 Å². The van der Waals surface area contributed by atoms with Gasteiger partial charge in [0, 0.05) is 17.6 Å². The largest absolute Gasteiger partial charge is 0.373 e. The normalized spacial score (nSPS) is 15.0. The fourth-order valence-electron chi connectivity index (χ4n) is 3.63. The number of Topliss-reactive ketones (excluding diaryl/α,β-unsaturated/α-hetero) is 1. The maximum Gasteiger partial charge on any atom is 0.373 e. The van der Waals surface area contributed by atoms with Crippen LogP contribution in [-0.2, 0) is 53.5 Å². The highest BCUT2D eigenvalue weighted by atomic mass is 17.2. The minimum Gasteiger partial charge on any atom is -0.296 e. The Morgan fingerprint density at radius 2 is 0.900 bits per heavy atom. The van der Waals surface area contributed by atoms with Gasteiger partial charge in [0.15, 0.2) is 5.78 Å². The first-order valence-corrected chi connectivity index (χ1v) is 16.8. The van der Waals surface area contributed by atoms with Crippen molar-refractivity contribution in [2.24, 2.45) is 5.41 Å². The molecule has 1 aromatic carbocycles. The summed E-state index contributed by atoms with van der Waals surface area (Å²) in [6.07, 6.45) is 3.52. The maximum absolute atomic E-state index is 14.1. The third kappa shape index (κ3) is 11.0. The van der Waals surface area contributed by atoms with Crippen LogP contribution in [0, 0.1) is 5.41 Å². The van der Waals surface area contributed by atoms with Gasteiger partial charge in [-0.05, 0) is 99.3 Å². The van der Waals surface area contributed by atoms with Crippen molar-refractivity contribution in [1.29, 1.82) is 0 Å². The molecule has 0 N–H and O–H groups in total. The molecule has 13 nitrogen and oxygen atoms in total. The summed E-state index contributed by atoms with van der Waals surface area (Å²) in [5.41, 5.74) is -6.64. The van der Waals surface area contributed by atoms with Gasteiger partial charge < -0.3 is 0 Å². The van der Waals surface area contributed by atoms with Gasteiger partial charge in [-0.25, -0.2) is 19.2 Å². The van der Waals surface area contributed by atoms with Crippen LogP contribution in [0.25, 0.3) is 0 Å². The molecule has 0 aliphatic heterocycles. The molecule has 0 saturated heterocycles. The van der Waals surface area contributed by atoms with Crippen molar-refractivity contribution in [1.82, 2.24) is 0 Å². The van der Waals surface area contributed by atoms with Crippen molar-refractivity contribution in [3.05, 3.63) is 58.7 Å². The smallest absolute Gasteiger partial charge is 0.296 e. The molecule has 0 fully saturated rings. The van der Waals surface area contributed by atoms with Crippen LogP contribution in [0.3, 0.4) is 0 Å². The van der Waals surface area contributed by atoms with E-state index in [2.05, 4.69) is 0 Å². The molecule has 0 bridgehead atoms. The molecule has 0 saturated carbocycles. The van der Waals surface area contributed by atoms with Crippen molar-refractivity contribution in [2.45, 2.75) is 138 Å². The summed E-state index contributed by atoms with van der Waals surface area (Å²) in [5.74, 6) is -5.31. The molecule has 0 amide bonds. The van der Waals surface area contributed by atoms with Crippen LogP contribution < -0.4 is 0 Å². The first-order chi connectivity index (χ1) is 23.1. The molecule has 2 rings (SSSR count). The summed E-state index contributed by atoms with van der Waals surface area (Å²) < 4.78 is 0. The first-order valence-electron chi connectivity index (χ1n) is 16.8. The van der Waals surface area contributed by atoms with Gasteiger partial charge in [0.05, 0.1) is 11.1 Å². The van der Waals surface area contributed by atoms with E-state index < -0.39 is 69.5 Å². The summed E-state index contributed by atoms with van der Waals surface area (Å²) in [6.45, 7) is 20.7. The Bertz CT molecular complexity index is 1430. The molecule has 0 atom stereocenters. The van der Waals surface area contributed by atoms with Crippen molar-refractivity contribution in [3.8, 4) is 0 Å². The molecule has 0 heterocycles. The Morgan fingerprint density at radius 3 is 1.30 bits per heavy atom. The lowest BCUT2D eigenvalue weighted by Gasteiger charge is -2.34. The van der Waals surface area contributed by atoms with Gasteiger partial charge in [-0.2, -0.15) is 19.6 Å². The minimum atomic E-state index is -2.64. The highest BCUT2D eigenvalue weighted by Gasteiger charge is 2.59. The summed E-state index contributed by atoms with van der Waals surface area (Å²) >= 11 is 0. The van der Waals surface area contributed by atoms with Crippen molar-refractivity contribution < 1.29 is 63.1 Å². The monoisotopic (exact) mass is 704 g/mol. The molecule has 50 heavy (non-hydrogen) atoms. The highest BCUT2D eigenvalue weighted by Crippen LogP contribution is 2.43. The van der Waals surface area contributed by atoms with Crippen molar-refractivity contribution >= 4 is 29.7 Å². The van der Waals surface area contributed by atoms with Gasteiger partial charge in [-0.1, -0.05) is 45.9 Å². The van der Waals surface area contributed by atoms with E-state index in [0.717, 1.165) is 6.08 Å². The number of ketones is 1. The highest BCUT2D eigenvalue weighted by molar-refractivity contribution is 6.16. The predicted octanol–water partition coefficient (Wildman–Crippen LogP) is 7.38. The minimum absolute atomic E-state index is 0.0851. The SMILES string of the molecule is CCC(C)(C)OOC(=O)C1=CC=C(C(=O)c2ccc(C(=O)OOC(C)(C)CC)cc2)CC1(C(=O)OOC(C)(C)CC)C(=O)OOC(C)(C)CC. The molecule has 0 aromatic heterocycles. The van der Waals surface area contributed by atoms with Crippen molar-refractivity contribution in [2.75, 3.05) is 0 Å². The number of carbonyl (C=O) groups excluding carboxylic acids is 5. The lowest BCUT2D eigenvalue weighted by Crippen LogP contribution is -2.49. The van der Waals surface area contributed by atoms with E-state index in [4.69, 9.17) is 39.1 Å². The van der Waals surface area contributed by atoms with Crippen LogP contribution >= 0.6 is 0 Å². The predicted molar refractivity (Wildman–Crippen MR) is 179 cm³/mol. The number of allylic oxidation sites excluding steroid dienone is 3. The number of rotatable bonds is 18. The lowest BCUT2D eigenvalue weighted by molar-refractivity contribution is -0.343. The van der Waals surface area contributed by atoms with Gasteiger partial charge >= 0.3 is 23.9 Å². The maximum atomic E-state index is 14.1. The van der Waals surface area contributed by atoms with Crippen LogP contribution in [0.2, 0.25) is 0 Å². The van der Waals surface area contributed by atoms with Crippen LogP contribution in [0.15, 0.2) is 47.6 Å². The second kappa shape index (κ2) is 16.9. The summed E-state index contributed by atoms with van der Waals surface area (Å²) in [4.78, 5) is 110. The van der Waals surface area contributed by atoms with E-state index in [0.29, 0.717) is 25.7 Å². The fourth-order valence-corrected chi connectivity index (χ4v) is 3.63. The Labute approximate surface area is 294 Å². The molecular weight excluding hydrogens is 652 g/mol. The topological polar surface area (TPSA) is 159 Å². The van der Waals surface area contributed by atoms with E-state index in [-0.39, 0.29) is 16.7 Å². The Morgan fingerprint density at radius 1 is 0.540 bits per heavy atom. The molecule has 1 aromatic rings. The number of benzene rings is 1. The van der Waals surface area contributed by atoms with Gasteiger partial charge in [0.2, 0.25) is 5.41 Å². The molecule has 13 heteroatoms. The number of hydrogen-bond donors (Lipinski definition) is 0. The zero-order valence-corrected chi connectivity index (χ0v) is 31.3. The average Bonchev–Trinajstić information content (AvgIpc) is 3.10. The van der Waals surface area contributed by atoms with E-state index in [9.17, 15) is 24.0 Å². The lowest BCUT2D eigenvalue weighted by atomic mass is 9.70. The number of carbonyl (C=O) groups is 5. The molecular formula is C37H52O13. The molecule has 1 aliphatic rings. The summed E-state index contributed by atoms with van der Waals surface area (Å²) in [7, 11) is 0. The second-order valence-electron chi connectivity index (χ2n) is 14.5. The molecule has 1 aliphatic carbocycles. The zero-order chi connectivity index (χ0) is 38.1. The van der Waals surface area contributed by atoms with Gasteiger partial charge in [-0.15, -0.1) is 0 Å². The van der Waals surface area contributed by atoms with Gasteiger partial charge in [0.1, 0.15) is 22.4 Å². The van der Waals surface area contributed by atoms with Crippen LogP contribution in [-0.4, -0.2) is 52.1 Å². The molecule has 0 unspecified atom stereocenters. The van der Waals surface area contributed by atoms with E-state index in [1.165, 1.54) is 30.3 Å². The second-order valence-corrected chi connectivity index (χ2v) is 14.5. The number of hydrogen-bond acceptors (Lipinski definition) is 13. The van der Waals surface area contributed by atoms with Crippen molar-refractivity contribution in [3.63, 3.8) is 0 Å². The third-order valence-electron chi connectivity index (χ3n) is 8.74. The van der Waals surface area contributed by atoms with Crippen LogP contribution in [0.5, 0.6) is 0 Å². The van der Waals surface area contributed by atoms with Crippen LogP contribution in [0.1, 0.15) is 136 Å². The zero-order valence-electron chi connectivity index (χ0n) is 31.3. The average molecular weight is 705 g/mol. The summed E-state index contributed by atoms with van der Waals surface area (Å²) in [6, 6.07) is 5.47. The van der Waals surface area contributed by atoms with Gasteiger partial charge in [0.25, 0.3) is 0 Å². The van der Waals surface area contributed by atoms with Gasteiger partial charge in [-0.3, -0.25) is 24.3 Å². The third-order valence-corrected chi connectivity index (χ3v) is 8.74. The van der Waals surface area contributed by atoms with E-state index in [1.807, 2.05) is 13.8 Å². The quantitative estimate of drug-likeness (QED) is 0.0645. The standard InChI is InChI=1S/C37H52O13/c1-13-33(5,6)47-43-29(39)25-19-17-24(18-20-25)28(38)26-21-22-27(30(40)44-48-34(7,8)14-2)37(23-26,31(41)45-49-35(9,10)15-3)32(42)46-50-36(11,12)16-4/h17-22H,13-16,23H2,1-12H3. The fraction of sp³-hybridized carbons (Fsp3) is 0.595. The van der Waals surface area contributed by atoms with E-state index in [1.54, 1.807) is 69.2 Å². The Hall–Kier alpha value is -3.91.